The number of hydroxylamine groups is 2. The lowest BCUT2D eigenvalue weighted by Crippen LogP contribution is -2.57. The summed E-state index contributed by atoms with van der Waals surface area (Å²) in [6.07, 6.45) is 8.60. The number of hydrogen-bond donors (Lipinski definition) is 3. The summed E-state index contributed by atoms with van der Waals surface area (Å²) in [5.74, 6) is -1.06. The Bertz CT molecular complexity index is 924. The molecule has 0 spiro atoms. The molecule has 2 atom stereocenters. The highest BCUT2D eigenvalue weighted by molar-refractivity contribution is 5.93. The minimum Gasteiger partial charge on any atom is -0.356 e. The summed E-state index contributed by atoms with van der Waals surface area (Å²) in [6, 6.07) is 7.74. The van der Waals surface area contributed by atoms with Crippen molar-refractivity contribution in [3.8, 4) is 0 Å². The number of benzene rings is 1. The second-order valence-electron chi connectivity index (χ2n) is 6.88. The first-order valence-corrected chi connectivity index (χ1v) is 9.82. The highest BCUT2D eigenvalue weighted by Crippen LogP contribution is 2.28. The fraction of sp³-hybridized carbons (Fsp3) is 0.286. The number of amides is 4. The van der Waals surface area contributed by atoms with Crippen molar-refractivity contribution >= 4 is 36.0 Å². The molecule has 168 valence electrons. The zero-order valence-corrected chi connectivity index (χ0v) is 17.6. The van der Waals surface area contributed by atoms with Gasteiger partial charge in [-0.1, -0.05) is 23.4 Å². The molecule has 0 aliphatic carbocycles. The van der Waals surface area contributed by atoms with Crippen molar-refractivity contribution in [2.24, 2.45) is 9.98 Å². The monoisotopic (exact) mass is 440 g/mol. The summed E-state index contributed by atoms with van der Waals surface area (Å²) in [5, 5.41) is 8.17. The zero-order chi connectivity index (χ0) is 23.0. The van der Waals surface area contributed by atoms with Crippen LogP contribution >= 0.6 is 0 Å². The van der Waals surface area contributed by atoms with E-state index in [1.165, 1.54) is 51.1 Å². The van der Waals surface area contributed by atoms with Gasteiger partial charge < -0.3 is 16.0 Å². The maximum Gasteiger partial charge on any atom is 0.371 e. The zero-order valence-electron chi connectivity index (χ0n) is 17.6. The number of carbonyl (C=O) groups is 3. The smallest absolute Gasteiger partial charge is 0.356 e. The largest absolute Gasteiger partial charge is 0.371 e. The van der Waals surface area contributed by atoms with E-state index in [1.54, 1.807) is 30.3 Å². The van der Waals surface area contributed by atoms with Crippen LogP contribution in [-0.2, 0) is 19.3 Å². The van der Waals surface area contributed by atoms with Gasteiger partial charge in [0.1, 0.15) is 0 Å². The average Bonchev–Trinajstić information content (AvgIpc) is 2.84. The minimum absolute atomic E-state index is 0.0337. The van der Waals surface area contributed by atoms with Crippen LogP contribution in [0.1, 0.15) is 12.8 Å². The van der Waals surface area contributed by atoms with E-state index in [-0.39, 0.29) is 12.8 Å². The van der Waals surface area contributed by atoms with E-state index < -0.39 is 29.0 Å². The molecule has 4 amide bonds. The number of para-hydroxylation sites is 1. The molecule has 0 aromatic heterocycles. The highest BCUT2D eigenvalue weighted by Gasteiger charge is 2.46. The number of aliphatic imine (C=N–C) groups is 2. The number of urea groups is 1. The van der Waals surface area contributed by atoms with Gasteiger partial charge in [0, 0.05) is 57.5 Å². The van der Waals surface area contributed by atoms with Gasteiger partial charge in [0.05, 0.1) is 0 Å². The van der Waals surface area contributed by atoms with Crippen LogP contribution in [-0.4, -0.2) is 60.8 Å². The second kappa shape index (κ2) is 9.98. The van der Waals surface area contributed by atoms with E-state index in [4.69, 9.17) is 9.68 Å². The fourth-order valence-corrected chi connectivity index (χ4v) is 3.03. The Morgan fingerprint density at radius 2 is 1.38 bits per heavy atom. The van der Waals surface area contributed by atoms with Crippen molar-refractivity contribution in [2.75, 3.05) is 19.4 Å². The minimum atomic E-state index is -1.62. The summed E-state index contributed by atoms with van der Waals surface area (Å²) in [4.78, 5) is 58.1. The molecular formula is C21H24N6O5. The number of nitrogens with one attached hydrogen (secondary N) is 3. The van der Waals surface area contributed by atoms with Gasteiger partial charge >= 0.3 is 6.03 Å². The predicted octanol–water partition coefficient (Wildman–Crippen LogP) is 1.33. The molecule has 3 N–H and O–H groups in total. The van der Waals surface area contributed by atoms with Crippen molar-refractivity contribution in [2.45, 2.75) is 24.0 Å². The summed E-state index contributed by atoms with van der Waals surface area (Å²) >= 11 is 0. The van der Waals surface area contributed by atoms with Gasteiger partial charge in [-0.05, 0) is 24.3 Å². The van der Waals surface area contributed by atoms with Crippen molar-refractivity contribution < 1.29 is 24.1 Å². The molecule has 0 saturated carbocycles. The molecule has 2 unspecified atom stereocenters. The van der Waals surface area contributed by atoms with Crippen LogP contribution in [0.5, 0.6) is 0 Å². The topological polar surface area (TPSA) is 134 Å². The van der Waals surface area contributed by atoms with Crippen LogP contribution in [0.3, 0.4) is 0 Å². The van der Waals surface area contributed by atoms with Gasteiger partial charge in [-0.2, -0.15) is 0 Å². The van der Waals surface area contributed by atoms with Crippen LogP contribution in [0.2, 0.25) is 0 Å². The lowest BCUT2D eigenvalue weighted by atomic mass is 9.97. The quantitative estimate of drug-likeness (QED) is 0.550. The van der Waals surface area contributed by atoms with Gasteiger partial charge in [-0.3, -0.25) is 19.6 Å². The summed E-state index contributed by atoms with van der Waals surface area (Å²) in [5.41, 5.74) is -2.79. The average molecular weight is 440 g/mol. The fourth-order valence-electron chi connectivity index (χ4n) is 3.03. The molecule has 11 nitrogen and oxygen atoms in total. The standard InChI is InChI=1S/C21H24N6O5/c1-22-17(28)20(8-12-24-13-9-20)31-27(19(30)26-16-6-4-3-5-7-16)32-21(18(29)23-2)10-14-25-15-11-21/h3-8,10,12-15H,9,11H2,1-2H3,(H,22,28)(H,23,29)(H,26,30). The number of anilines is 1. The molecule has 2 aliphatic rings. The molecule has 2 aliphatic heterocycles. The Morgan fingerprint density at radius 1 is 0.875 bits per heavy atom. The molecular weight excluding hydrogens is 416 g/mol. The summed E-state index contributed by atoms with van der Waals surface area (Å²) < 4.78 is 0. The normalized spacial score (nSPS) is 23.4. The molecule has 0 fully saturated rings. The Balaban J connectivity index is 1.95. The van der Waals surface area contributed by atoms with E-state index >= 15 is 0 Å². The maximum atomic E-state index is 13.2. The third-order valence-electron chi connectivity index (χ3n) is 4.76. The van der Waals surface area contributed by atoms with E-state index in [2.05, 4.69) is 25.9 Å². The molecule has 1 aromatic carbocycles. The van der Waals surface area contributed by atoms with E-state index in [1.807, 2.05) is 0 Å². The molecule has 3 rings (SSSR count). The maximum absolute atomic E-state index is 13.2. The lowest BCUT2D eigenvalue weighted by Gasteiger charge is -2.37. The van der Waals surface area contributed by atoms with Crippen LogP contribution in [0, 0.1) is 0 Å². The highest BCUT2D eigenvalue weighted by atomic mass is 17.0. The predicted molar refractivity (Wildman–Crippen MR) is 118 cm³/mol. The number of hydrogen-bond acceptors (Lipinski definition) is 7. The molecule has 2 heterocycles. The molecule has 0 radical (unpaired) electrons. The third-order valence-corrected chi connectivity index (χ3v) is 4.76. The Kier molecular flexibility index (Phi) is 7.13. The van der Waals surface area contributed by atoms with Crippen molar-refractivity contribution in [1.82, 2.24) is 15.9 Å². The number of rotatable bonds is 7. The Labute approximate surface area is 184 Å². The third kappa shape index (κ3) is 4.90. The van der Waals surface area contributed by atoms with Gasteiger partial charge in [0.25, 0.3) is 11.8 Å². The van der Waals surface area contributed by atoms with Gasteiger partial charge in [0.2, 0.25) is 11.2 Å². The molecule has 0 bridgehead atoms. The van der Waals surface area contributed by atoms with Crippen LogP contribution < -0.4 is 16.0 Å². The van der Waals surface area contributed by atoms with E-state index in [9.17, 15) is 14.4 Å². The van der Waals surface area contributed by atoms with E-state index in [0.29, 0.717) is 10.9 Å². The Hall–Kier alpha value is -3.83. The molecule has 1 aromatic rings. The summed E-state index contributed by atoms with van der Waals surface area (Å²) in [7, 11) is 2.88. The first kappa shape index (κ1) is 22.8. The molecule has 32 heavy (non-hydrogen) atoms. The van der Waals surface area contributed by atoms with Crippen molar-refractivity contribution in [3.63, 3.8) is 0 Å². The van der Waals surface area contributed by atoms with Crippen LogP contribution in [0.15, 0.2) is 64.9 Å². The van der Waals surface area contributed by atoms with Gasteiger partial charge in [-0.25, -0.2) is 14.5 Å². The van der Waals surface area contributed by atoms with E-state index in [0.717, 1.165) is 0 Å². The van der Waals surface area contributed by atoms with Gasteiger partial charge in [0.15, 0.2) is 0 Å². The van der Waals surface area contributed by atoms with Crippen molar-refractivity contribution in [3.05, 3.63) is 54.9 Å². The molecule has 11 heteroatoms. The first-order chi connectivity index (χ1) is 15.4. The number of nitrogens with zero attached hydrogens (tertiary/aromatic N) is 3. The SMILES string of the molecule is CNC(=O)C1(ON(OC2(C(=O)NC)C=CN=CC2)C(=O)Nc2ccccc2)C=CN=CC1. The van der Waals surface area contributed by atoms with Gasteiger partial charge in [-0.15, -0.1) is 0 Å². The first-order valence-electron chi connectivity index (χ1n) is 9.82. The van der Waals surface area contributed by atoms with Crippen LogP contribution in [0.25, 0.3) is 0 Å². The Morgan fingerprint density at radius 3 is 1.78 bits per heavy atom. The number of carbonyl (C=O) groups excluding carboxylic acids is 3. The van der Waals surface area contributed by atoms with Crippen molar-refractivity contribution in [1.29, 1.82) is 0 Å². The van der Waals surface area contributed by atoms with Crippen LogP contribution in [0.4, 0.5) is 10.5 Å². The molecule has 0 saturated heterocycles. The summed E-state index contributed by atoms with van der Waals surface area (Å²) in [6.45, 7) is 0. The lowest BCUT2D eigenvalue weighted by molar-refractivity contribution is -0.376. The number of likely N-dealkylation sites (N-methyl/N-ethyl adjacent to an activating group) is 2. The second-order valence-corrected chi connectivity index (χ2v) is 6.88.